The van der Waals surface area contributed by atoms with Crippen LogP contribution in [-0.2, 0) is 23.0 Å². The van der Waals surface area contributed by atoms with Crippen molar-refractivity contribution in [3.63, 3.8) is 0 Å². The van der Waals surface area contributed by atoms with E-state index in [2.05, 4.69) is 0 Å². The summed E-state index contributed by atoms with van der Waals surface area (Å²) in [6.07, 6.45) is 0.638. The average Bonchev–Trinajstić information content (AvgIpc) is 2.60. The van der Waals surface area contributed by atoms with Gasteiger partial charge in [0, 0.05) is 44.4 Å². The van der Waals surface area contributed by atoms with Gasteiger partial charge in [-0.2, -0.15) is 0 Å². The van der Waals surface area contributed by atoms with E-state index in [1.807, 2.05) is 11.9 Å². The molecule has 1 aliphatic rings. The fourth-order valence-corrected chi connectivity index (χ4v) is 4.43. The molecule has 0 bridgehead atoms. The van der Waals surface area contributed by atoms with Gasteiger partial charge in [-0.15, -0.1) is 0 Å². The molecule has 0 saturated carbocycles. The van der Waals surface area contributed by atoms with Crippen LogP contribution in [0, 0.1) is 10.1 Å². The summed E-state index contributed by atoms with van der Waals surface area (Å²) in [4.78, 5) is 13.3. The van der Waals surface area contributed by atoms with Crippen molar-refractivity contribution in [1.29, 1.82) is 0 Å². The van der Waals surface area contributed by atoms with Crippen LogP contribution in [0.25, 0.3) is 11.1 Å². The Hall–Kier alpha value is -2.29. The molecule has 1 aliphatic heterocycles. The number of benzene rings is 2. The molecule has 2 aromatic carbocycles. The van der Waals surface area contributed by atoms with E-state index >= 15 is 0 Å². The van der Waals surface area contributed by atoms with Crippen LogP contribution in [0.2, 0.25) is 0 Å². The smallest absolute Gasteiger partial charge is 0.274 e. The molecule has 0 amide bonds. The van der Waals surface area contributed by atoms with E-state index in [0.29, 0.717) is 24.1 Å². The molecule has 26 heavy (non-hydrogen) atoms. The van der Waals surface area contributed by atoms with Crippen molar-refractivity contribution in [3.8, 4) is 11.1 Å². The minimum atomic E-state index is -3.63. The molecule has 1 heterocycles. The molecule has 0 N–H and O–H groups in total. The highest BCUT2D eigenvalue weighted by molar-refractivity contribution is 7.89. The predicted octanol–water partition coefficient (Wildman–Crippen LogP) is 2.50. The van der Waals surface area contributed by atoms with Gasteiger partial charge in [-0.1, -0.05) is 18.2 Å². The molecule has 8 heteroatoms. The van der Waals surface area contributed by atoms with Crippen molar-refractivity contribution in [2.45, 2.75) is 17.9 Å². The average molecular weight is 375 g/mol. The Morgan fingerprint density at radius 1 is 1.08 bits per heavy atom. The highest BCUT2D eigenvalue weighted by atomic mass is 32.2. The third kappa shape index (κ3) is 3.11. The zero-order valence-electron chi connectivity index (χ0n) is 15.0. The molecule has 0 saturated heterocycles. The van der Waals surface area contributed by atoms with E-state index in [1.165, 1.54) is 24.5 Å². The summed E-state index contributed by atoms with van der Waals surface area (Å²) < 4.78 is 26.6. The fraction of sp³-hybridized carbons (Fsp3) is 0.333. The highest BCUT2D eigenvalue weighted by Gasteiger charge is 2.28. The van der Waals surface area contributed by atoms with Crippen LogP contribution in [0.15, 0.2) is 41.3 Å². The predicted molar refractivity (Wildman–Crippen MR) is 99.4 cm³/mol. The summed E-state index contributed by atoms with van der Waals surface area (Å²) in [7, 11) is 1.27. The van der Waals surface area contributed by atoms with Crippen LogP contribution in [0.3, 0.4) is 0 Å². The van der Waals surface area contributed by atoms with Gasteiger partial charge in [0.2, 0.25) is 10.0 Å². The molecule has 0 fully saturated rings. The number of nitro benzene ring substituents is 1. The third-order valence-corrected chi connectivity index (χ3v) is 6.58. The summed E-state index contributed by atoms with van der Waals surface area (Å²) in [6, 6.07) is 9.96. The molecule has 0 aromatic heterocycles. The van der Waals surface area contributed by atoms with Gasteiger partial charge >= 0.3 is 0 Å². The number of hydrogen-bond donors (Lipinski definition) is 0. The number of rotatable bonds is 4. The van der Waals surface area contributed by atoms with Crippen molar-refractivity contribution >= 4 is 15.7 Å². The Morgan fingerprint density at radius 2 is 1.77 bits per heavy atom. The van der Waals surface area contributed by atoms with Crippen LogP contribution < -0.4 is 0 Å². The number of hydrogen-bond acceptors (Lipinski definition) is 5. The van der Waals surface area contributed by atoms with Gasteiger partial charge < -0.3 is 4.90 Å². The maximum absolute atomic E-state index is 12.7. The van der Waals surface area contributed by atoms with Crippen molar-refractivity contribution in [1.82, 2.24) is 9.21 Å². The van der Waals surface area contributed by atoms with Gasteiger partial charge in [0.15, 0.2) is 0 Å². The molecule has 0 unspecified atom stereocenters. The molecule has 0 radical (unpaired) electrons. The van der Waals surface area contributed by atoms with Crippen LogP contribution in [-0.4, -0.2) is 50.2 Å². The first-order valence-corrected chi connectivity index (χ1v) is 9.67. The number of likely N-dealkylation sites (N-methyl/N-ethyl adjacent to an activating group) is 1. The Kier molecular flexibility index (Phi) is 4.83. The molecule has 2 aromatic rings. The lowest BCUT2D eigenvalue weighted by molar-refractivity contribution is -0.385. The quantitative estimate of drug-likeness (QED) is 0.606. The minimum absolute atomic E-state index is 0.0863. The Bertz CT molecular complexity index is 970. The summed E-state index contributed by atoms with van der Waals surface area (Å²) in [5, 5.41) is 11.4. The zero-order chi connectivity index (χ0) is 19.1. The van der Waals surface area contributed by atoms with Gasteiger partial charge in [-0.3, -0.25) is 10.1 Å². The van der Waals surface area contributed by atoms with Crippen molar-refractivity contribution < 1.29 is 13.3 Å². The monoisotopic (exact) mass is 375 g/mol. The van der Waals surface area contributed by atoms with Crippen molar-refractivity contribution in [2.24, 2.45) is 0 Å². The van der Waals surface area contributed by atoms with E-state index < -0.39 is 10.0 Å². The second-order valence-electron chi connectivity index (χ2n) is 6.62. The van der Waals surface area contributed by atoms with Gasteiger partial charge in [0.25, 0.3) is 5.69 Å². The molecule has 7 nitrogen and oxygen atoms in total. The number of sulfonamides is 1. The SMILES string of the molecule is CN1CCc2c(-c3ccccc3S(=O)(=O)N(C)C)ccc([N+](=O)[O-])c2C1. The van der Waals surface area contributed by atoms with E-state index in [9.17, 15) is 18.5 Å². The minimum Gasteiger partial charge on any atom is -0.302 e. The van der Waals surface area contributed by atoms with Crippen LogP contribution in [0.1, 0.15) is 11.1 Å². The van der Waals surface area contributed by atoms with Gasteiger partial charge in [0.1, 0.15) is 0 Å². The summed E-state index contributed by atoms with van der Waals surface area (Å²) in [6.45, 7) is 1.24. The second kappa shape index (κ2) is 6.79. The van der Waals surface area contributed by atoms with E-state index in [1.54, 1.807) is 30.3 Å². The lowest BCUT2D eigenvalue weighted by atomic mass is 9.89. The molecular weight excluding hydrogens is 354 g/mol. The first kappa shape index (κ1) is 18.5. The van der Waals surface area contributed by atoms with Gasteiger partial charge in [-0.05, 0) is 36.7 Å². The van der Waals surface area contributed by atoms with E-state index in [-0.39, 0.29) is 15.5 Å². The van der Waals surface area contributed by atoms with Gasteiger partial charge in [-0.25, -0.2) is 12.7 Å². The largest absolute Gasteiger partial charge is 0.302 e. The van der Waals surface area contributed by atoms with E-state index in [4.69, 9.17) is 0 Å². The molecule has 0 spiro atoms. The topological polar surface area (TPSA) is 83.8 Å². The summed E-state index contributed by atoms with van der Waals surface area (Å²) >= 11 is 0. The van der Waals surface area contributed by atoms with Crippen LogP contribution in [0.5, 0.6) is 0 Å². The zero-order valence-corrected chi connectivity index (χ0v) is 15.8. The normalized spacial score (nSPS) is 15.1. The molecule has 0 atom stereocenters. The highest BCUT2D eigenvalue weighted by Crippen LogP contribution is 2.38. The van der Waals surface area contributed by atoms with Crippen LogP contribution in [0.4, 0.5) is 5.69 Å². The molecule has 0 aliphatic carbocycles. The van der Waals surface area contributed by atoms with Crippen LogP contribution >= 0.6 is 0 Å². The maximum Gasteiger partial charge on any atom is 0.274 e. The van der Waals surface area contributed by atoms with Gasteiger partial charge in [0.05, 0.1) is 9.82 Å². The number of nitrogens with zero attached hydrogens (tertiary/aromatic N) is 3. The van der Waals surface area contributed by atoms with Crippen molar-refractivity contribution in [3.05, 3.63) is 57.6 Å². The second-order valence-corrected chi connectivity index (χ2v) is 8.74. The maximum atomic E-state index is 12.7. The summed E-state index contributed by atoms with van der Waals surface area (Å²) in [5.74, 6) is 0. The third-order valence-electron chi connectivity index (χ3n) is 4.71. The molecular formula is C18H21N3O4S. The number of fused-ring (bicyclic) bond motifs is 1. The standard InChI is InChI=1S/C18H21N3O4S/c1-19(2)26(24,25)18-7-5-4-6-15(18)13-8-9-17(21(22)23)16-12-20(3)11-10-14(13)16/h4-9H,10-12H2,1-3H3. The fourth-order valence-electron chi connectivity index (χ4n) is 3.33. The molecule has 3 rings (SSSR count). The lowest BCUT2D eigenvalue weighted by Crippen LogP contribution is -2.28. The Labute approximate surface area is 153 Å². The lowest BCUT2D eigenvalue weighted by Gasteiger charge is -2.27. The first-order chi connectivity index (χ1) is 12.2. The van der Waals surface area contributed by atoms with Crippen molar-refractivity contribution in [2.75, 3.05) is 27.7 Å². The number of nitro groups is 1. The van der Waals surface area contributed by atoms with E-state index in [0.717, 1.165) is 17.7 Å². The molecule has 138 valence electrons. The Balaban J connectivity index is 2.28. The summed E-state index contributed by atoms with van der Waals surface area (Å²) in [5.41, 5.74) is 2.94. The Morgan fingerprint density at radius 3 is 2.42 bits per heavy atom. The first-order valence-electron chi connectivity index (χ1n) is 8.23.